The molecule has 0 aliphatic rings. The number of pyridine rings is 1. The Hall–Kier alpha value is -2.71. The molecule has 126 valence electrons. The van der Waals surface area contributed by atoms with Crippen molar-refractivity contribution in [2.45, 2.75) is 11.4 Å². The Morgan fingerprint density at radius 1 is 1.38 bits per heavy atom. The first-order valence-corrected chi connectivity index (χ1v) is 8.38. The topological polar surface area (TPSA) is 106 Å². The van der Waals surface area contributed by atoms with Crippen molar-refractivity contribution in [1.82, 2.24) is 9.71 Å². The van der Waals surface area contributed by atoms with E-state index in [-0.39, 0.29) is 17.2 Å². The van der Waals surface area contributed by atoms with E-state index in [4.69, 9.17) is 9.84 Å². The fourth-order valence-corrected chi connectivity index (χ4v) is 3.15. The number of rotatable bonds is 7. The number of benzene rings is 1. The number of carboxylic acid groups (broad SMARTS) is 1. The van der Waals surface area contributed by atoms with E-state index in [0.29, 0.717) is 11.1 Å². The predicted molar refractivity (Wildman–Crippen MR) is 87.9 cm³/mol. The lowest BCUT2D eigenvalue weighted by atomic mass is 10.2. The lowest BCUT2D eigenvalue weighted by Crippen LogP contribution is -2.24. The van der Waals surface area contributed by atoms with Gasteiger partial charge in [0.1, 0.15) is 10.6 Å². The van der Waals surface area contributed by atoms with Crippen LogP contribution in [0.2, 0.25) is 0 Å². The summed E-state index contributed by atoms with van der Waals surface area (Å²) in [6, 6.07) is 7.85. The molecule has 1 aromatic heterocycles. The Kier molecular flexibility index (Phi) is 5.67. The van der Waals surface area contributed by atoms with Crippen LogP contribution >= 0.6 is 0 Å². The summed E-state index contributed by atoms with van der Waals surface area (Å²) in [7, 11) is -2.48. The van der Waals surface area contributed by atoms with Crippen molar-refractivity contribution >= 4 is 22.1 Å². The number of hydrogen-bond donors (Lipinski definition) is 2. The van der Waals surface area contributed by atoms with Gasteiger partial charge in [-0.05, 0) is 35.4 Å². The Balaban J connectivity index is 2.29. The largest absolute Gasteiger partial charge is 0.495 e. The van der Waals surface area contributed by atoms with Crippen molar-refractivity contribution in [2.75, 3.05) is 7.11 Å². The Morgan fingerprint density at radius 3 is 2.79 bits per heavy atom. The summed E-state index contributed by atoms with van der Waals surface area (Å²) in [6.07, 6.45) is 5.40. The minimum Gasteiger partial charge on any atom is -0.495 e. The molecule has 2 N–H and O–H groups in total. The molecule has 0 atom stereocenters. The van der Waals surface area contributed by atoms with Crippen LogP contribution in [-0.4, -0.2) is 31.6 Å². The van der Waals surface area contributed by atoms with E-state index >= 15 is 0 Å². The molecule has 24 heavy (non-hydrogen) atoms. The van der Waals surface area contributed by atoms with Gasteiger partial charge < -0.3 is 9.84 Å². The molecule has 0 bridgehead atoms. The highest BCUT2D eigenvalue weighted by Gasteiger charge is 2.19. The highest BCUT2D eigenvalue weighted by atomic mass is 32.2. The van der Waals surface area contributed by atoms with E-state index in [0.717, 1.165) is 6.08 Å². The zero-order valence-corrected chi connectivity index (χ0v) is 13.7. The van der Waals surface area contributed by atoms with Gasteiger partial charge in [-0.3, -0.25) is 4.98 Å². The number of hydrogen-bond acceptors (Lipinski definition) is 5. The van der Waals surface area contributed by atoms with E-state index in [1.807, 2.05) is 0 Å². The molecule has 0 spiro atoms. The number of methoxy groups -OCH3 is 1. The standard InChI is InChI=1S/C16H16N2O5S/c1-23-14-6-4-12(5-7-16(19)20)9-15(14)24(21,22)18-11-13-3-2-8-17-10-13/h2-10,18H,11H2,1H3,(H,19,20)/b7-5-. The highest BCUT2D eigenvalue weighted by molar-refractivity contribution is 7.89. The Bertz CT molecular complexity index is 848. The van der Waals surface area contributed by atoms with E-state index in [2.05, 4.69) is 9.71 Å². The number of aromatic nitrogens is 1. The molecule has 0 amide bonds. The number of carbonyl (C=O) groups is 1. The lowest BCUT2D eigenvalue weighted by Gasteiger charge is -2.11. The quantitative estimate of drug-likeness (QED) is 0.737. The van der Waals surface area contributed by atoms with Crippen LogP contribution in [0.3, 0.4) is 0 Å². The second-order valence-electron chi connectivity index (χ2n) is 4.77. The van der Waals surface area contributed by atoms with Gasteiger partial charge in [0.25, 0.3) is 0 Å². The Labute approximate surface area is 139 Å². The van der Waals surface area contributed by atoms with Crippen molar-refractivity contribution in [3.8, 4) is 5.75 Å². The molecular formula is C16H16N2O5S. The van der Waals surface area contributed by atoms with Crippen LogP contribution in [0.4, 0.5) is 0 Å². The molecule has 0 fully saturated rings. The number of ether oxygens (including phenoxy) is 1. The summed E-state index contributed by atoms with van der Waals surface area (Å²) in [5.74, 6) is -0.953. The van der Waals surface area contributed by atoms with Crippen LogP contribution in [-0.2, 0) is 21.4 Å². The highest BCUT2D eigenvalue weighted by Crippen LogP contribution is 2.25. The van der Waals surface area contributed by atoms with Gasteiger partial charge in [-0.15, -0.1) is 0 Å². The molecule has 2 rings (SSSR count). The second kappa shape index (κ2) is 7.71. The molecular weight excluding hydrogens is 332 g/mol. The van der Waals surface area contributed by atoms with Gasteiger partial charge in [-0.2, -0.15) is 0 Å². The normalized spacial score (nSPS) is 11.5. The van der Waals surface area contributed by atoms with Gasteiger partial charge in [0.15, 0.2) is 0 Å². The fourth-order valence-electron chi connectivity index (χ4n) is 1.93. The number of aliphatic carboxylic acids is 1. The van der Waals surface area contributed by atoms with Gasteiger partial charge in [0.2, 0.25) is 10.0 Å². The molecule has 0 aliphatic heterocycles. The first kappa shape index (κ1) is 17.6. The predicted octanol–water partition coefficient (Wildman–Crippen LogP) is 1.67. The summed E-state index contributed by atoms with van der Waals surface area (Å²) in [6.45, 7) is 0.0779. The summed E-state index contributed by atoms with van der Waals surface area (Å²) < 4.78 is 32.6. The fraction of sp³-hybridized carbons (Fsp3) is 0.125. The Morgan fingerprint density at radius 2 is 2.17 bits per heavy atom. The number of carboxylic acids is 1. The summed E-state index contributed by atoms with van der Waals surface area (Å²) >= 11 is 0. The van der Waals surface area contributed by atoms with Crippen molar-refractivity contribution in [2.24, 2.45) is 0 Å². The van der Waals surface area contributed by atoms with Crippen molar-refractivity contribution in [3.63, 3.8) is 0 Å². The van der Waals surface area contributed by atoms with E-state index in [9.17, 15) is 13.2 Å². The van der Waals surface area contributed by atoms with E-state index < -0.39 is 16.0 Å². The van der Waals surface area contributed by atoms with Gasteiger partial charge in [-0.25, -0.2) is 17.9 Å². The molecule has 0 saturated carbocycles. The summed E-state index contributed by atoms with van der Waals surface area (Å²) in [5.41, 5.74) is 1.14. The minimum atomic E-state index is -3.85. The third-order valence-corrected chi connectivity index (χ3v) is 4.51. The van der Waals surface area contributed by atoms with Crippen LogP contribution in [0, 0.1) is 0 Å². The molecule has 0 aliphatic carbocycles. The summed E-state index contributed by atoms with van der Waals surface area (Å²) in [5, 5.41) is 8.67. The minimum absolute atomic E-state index is 0.0681. The van der Waals surface area contributed by atoms with E-state index in [1.165, 1.54) is 25.3 Å². The smallest absolute Gasteiger partial charge is 0.328 e. The van der Waals surface area contributed by atoms with Crippen LogP contribution in [0.1, 0.15) is 11.1 Å². The molecule has 0 unspecified atom stereocenters. The molecule has 0 saturated heterocycles. The molecule has 0 radical (unpaired) electrons. The first-order chi connectivity index (χ1) is 11.4. The first-order valence-electron chi connectivity index (χ1n) is 6.90. The number of nitrogens with one attached hydrogen (secondary N) is 1. The number of nitrogens with zero attached hydrogens (tertiary/aromatic N) is 1. The molecule has 1 aromatic carbocycles. The monoisotopic (exact) mass is 348 g/mol. The lowest BCUT2D eigenvalue weighted by molar-refractivity contribution is -0.131. The van der Waals surface area contributed by atoms with Gasteiger partial charge >= 0.3 is 5.97 Å². The molecule has 7 nitrogen and oxygen atoms in total. The maximum Gasteiger partial charge on any atom is 0.328 e. The summed E-state index contributed by atoms with van der Waals surface area (Å²) in [4.78, 5) is 14.4. The van der Waals surface area contributed by atoms with Crippen molar-refractivity contribution in [3.05, 3.63) is 59.9 Å². The third kappa shape index (κ3) is 4.64. The maximum absolute atomic E-state index is 12.5. The maximum atomic E-state index is 12.5. The van der Waals surface area contributed by atoms with Crippen LogP contribution in [0.5, 0.6) is 5.75 Å². The van der Waals surface area contributed by atoms with Crippen LogP contribution in [0.15, 0.2) is 53.7 Å². The van der Waals surface area contributed by atoms with Crippen molar-refractivity contribution in [1.29, 1.82) is 0 Å². The van der Waals surface area contributed by atoms with Gasteiger partial charge in [0.05, 0.1) is 7.11 Å². The van der Waals surface area contributed by atoms with E-state index in [1.54, 1.807) is 30.6 Å². The SMILES string of the molecule is COc1ccc(/C=C\C(=O)O)cc1S(=O)(=O)NCc1cccnc1. The van der Waals surface area contributed by atoms with Crippen LogP contribution in [0.25, 0.3) is 6.08 Å². The average molecular weight is 348 g/mol. The van der Waals surface area contributed by atoms with Gasteiger partial charge in [-0.1, -0.05) is 12.1 Å². The third-order valence-electron chi connectivity index (χ3n) is 3.08. The zero-order valence-electron chi connectivity index (χ0n) is 12.8. The average Bonchev–Trinajstić information content (AvgIpc) is 2.59. The van der Waals surface area contributed by atoms with Gasteiger partial charge in [0, 0.05) is 25.0 Å². The van der Waals surface area contributed by atoms with Crippen molar-refractivity contribution < 1.29 is 23.1 Å². The second-order valence-corrected chi connectivity index (χ2v) is 6.50. The number of sulfonamides is 1. The van der Waals surface area contributed by atoms with Crippen LogP contribution < -0.4 is 9.46 Å². The molecule has 2 aromatic rings. The molecule has 1 heterocycles. The molecule has 8 heteroatoms. The zero-order chi connectivity index (χ0) is 17.6.